The summed E-state index contributed by atoms with van der Waals surface area (Å²) in [5, 5.41) is 3.78. The van der Waals surface area contributed by atoms with Crippen molar-refractivity contribution in [1.29, 1.82) is 0 Å². The number of pyridine rings is 2. The highest BCUT2D eigenvalue weighted by atomic mass is 35.5. The van der Waals surface area contributed by atoms with Gasteiger partial charge in [-0.2, -0.15) is 0 Å². The summed E-state index contributed by atoms with van der Waals surface area (Å²) in [7, 11) is 0. The Morgan fingerprint density at radius 2 is 1.96 bits per heavy atom. The third kappa shape index (κ3) is 4.23. The van der Waals surface area contributed by atoms with Crippen LogP contribution in [0.25, 0.3) is 10.9 Å². The van der Waals surface area contributed by atoms with Gasteiger partial charge in [-0.05, 0) is 42.5 Å². The molecule has 0 aliphatic carbocycles. The fourth-order valence-electron chi connectivity index (χ4n) is 2.11. The van der Waals surface area contributed by atoms with Gasteiger partial charge < -0.3 is 10.1 Å². The summed E-state index contributed by atoms with van der Waals surface area (Å²) in [4.78, 5) is 31.9. The molecule has 2 heterocycles. The van der Waals surface area contributed by atoms with Crippen molar-refractivity contribution < 1.29 is 14.3 Å². The number of aromatic nitrogens is 2. The molecule has 1 amide bonds. The maximum atomic E-state index is 12.1. The van der Waals surface area contributed by atoms with Crippen molar-refractivity contribution >= 4 is 51.7 Å². The third-order valence-corrected chi connectivity index (χ3v) is 3.77. The Morgan fingerprint density at radius 1 is 1.12 bits per heavy atom. The molecule has 0 saturated carbocycles. The number of carbonyl (C=O) groups excluding carboxylic acids is 2. The Labute approximate surface area is 152 Å². The van der Waals surface area contributed by atoms with Crippen molar-refractivity contribution in [2.75, 3.05) is 11.9 Å². The molecule has 1 aromatic carbocycles. The summed E-state index contributed by atoms with van der Waals surface area (Å²) in [6.07, 6.45) is 1.50. The lowest BCUT2D eigenvalue weighted by molar-refractivity contribution is -0.119. The number of rotatable bonds is 4. The number of nitrogens with one attached hydrogen (secondary N) is 1. The van der Waals surface area contributed by atoms with Gasteiger partial charge in [0.15, 0.2) is 11.8 Å². The normalized spacial score (nSPS) is 10.5. The molecular weight excluding hydrogens is 365 g/mol. The van der Waals surface area contributed by atoms with E-state index in [2.05, 4.69) is 15.3 Å². The molecule has 0 fully saturated rings. The van der Waals surface area contributed by atoms with Gasteiger partial charge in [0, 0.05) is 11.6 Å². The average molecular weight is 376 g/mol. The van der Waals surface area contributed by atoms with Gasteiger partial charge in [-0.25, -0.2) is 14.8 Å². The van der Waals surface area contributed by atoms with Gasteiger partial charge in [0.25, 0.3) is 5.91 Å². The number of ether oxygens (including phenoxy) is 1. The Morgan fingerprint density at radius 3 is 2.76 bits per heavy atom. The molecule has 2 aromatic heterocycles. The van der Waals surface area contributed by atoms with Gasteiger partial charge in [-0.3, -0.25) is 4.79 Å². The van der Waals surface area contributed by atoms with Crippen molar-refractivity contribution in [3.63, 3.8) is 0 Å². The summed E-state index contributed by atoms with van der Waals surface area (Å²) < 4.78 is 5.01. The lowest BCUT2D eigenvalue weighted by atomic mass is 10.1. The van der Waals surface area contributed by atoms with Crippen LogP contribution in [0.1, 0.15) is 10.4 Å². The fraction of sp³-hybridized carbons (Fsp3) is 0.0588. The van der Waals surface area contributed by atoms with Crippen LogP contribution in [0.4, 0.5) is 5.69 Å². The van der Waals surface area contributed by atoms with E-state index < -0.39 is 18.5 Å². The van der Waals surface area contributed by atoms with Crippen molar-refractivity contribution in [1.82, 2.24) is 9.97 Å². The first-order valence-electron chi connectivity index (χ1n) is 7.17. The SMILES string of the molecule is O=C(COC(=O)c1ccc2nc(Cl)ccc2c1)Nc1cccnc1Cl. The van der Waals surface area contributed by atoms with E-state index in [1.807, 2.05) is 0 Å². The molecule has 0 bridgehead atoms. The Bertz CT molecular complexity index is 963. The highest BCUT2D eigenvalue weighted by molar-refractivity contribution is 6.32. The monoisotopic (exact) mass is 375 g/mol. The summed E-state index contributed by atoms with van der Waals surface area (Å²) in [5.41, 5.74) is 1.32. The zero-order chi connectivity index (χ0) is 17.8. The van der Waals surface area contributed by atoms with Crippen LogP contribution in [0.2, 0.25) is 10.3 Å². The standard InChI is InChI=1S/C17H11Cl2N3O3/c18-14-6-4-10-8-11(3-5-12(10)21-14)17(24)25-9-15(23)22-13-2-1-7-20-16(13)19/h1-8H,9H2,(H,22,23). The maximum absolute atomic E-state index is 12.1. The first-order chi connectivity index (χ1) is 12.0. The number of hydrogen-bond donors (Lipinski definition) is 1. The summed E-state index contributed by atoms with van der Waals surface area (Å²) >= 11 is 11.7. The Balaban J connectivity index is 1.63. The topological polar surface area (TPSA) is 81.2 Å². The number of nitrogens with zero attached hydrogens (tertiary/aromatic N) is 2. The number of carbonyl (C=O) groups is 2. The first-order valence-corrected chi connectivity index (χ1v) is 7.92. The van der Waals surface area contributed by atoms with Gasteiger partial charge in [-0.15, -0.1) is 0 Å². The van der Waals surface area contributed by atoms with E-state index in [0.717, 1.165) is 5.39 Å². The minimum atomic E-state index is -0.621. The number of halogens is 2. The zero-order valence-corrected chi connectivity index (χ0v) is 14.2. The van der Waals surface area contributed by atoms with Crippen LogP contribution in [0.3, 0.4) is 0 Å². The van der Waals surface area contributed by atoms with E-state index >= 15 is 0 Å². The highest BCUT2D eigenvalue weighted by Gasteiger charge is 2.12. The van der Waals surface area contributed by atoms with Gasteiger partial charge in [0.05, 0.1) is 16.8 Å². The molecule has 0 aliphatic rings. The highest BCUT2D eigenvalue weighted by Crippen LogP contribution is 2.18. The number of anilines is 1. The van der Waals surface area contributed by atoms with E-state index in [0.29, 0.717) is 21.9 Å². The smallest absolute Gasteiger partial charge is 0.338 e. The molecule has 0 aliphatic heterocycles. The summed E-state index contributed by atoms with van der Waals surface area (Å²) in [6, 6.07) is 11.4. The molecule has 126 valence electrons. The lowest BCUT2D eigenvalue weighted by Crippen LogP contribution is -2.21. The zero-order valence-electron chi connectivity index (χ0n) is 12.7. The van der Waals surface area contributed by atoms with Crippen molar-refractivity contribution in [2.24, 2.45) is 0 Å². The predicted octanol–water partition coefficient (Wildman–Crippen LogP) is 3.73. The average Bonchev–Trinajstić information content (AvgIpc) is 2.61. The van der Waals surface area contributed by atoms with E-state index in [4.69, 9.17) is 27.9 Å². The molecular formula is C17H11Cl2N3O3. The second kappa shape index (κ2) is 7.46. The minimum Gasteiger partial charge on any atom is -0.452 e. The van der Waals surface area contributed by atoms with Crippen LogP contribution in [-0.2, 0) is 9.53 Å². The van der Waals surface area contributed by atoms with Crippen LogP contribution in [-0.4, -0.2) is 28.5 Å². The summed E-state index contributed by atoms with van der Waals surface area (Å²) in [6.45, 7) is -0.443. The van der Waals surface area contributed by atoms with Gasteiger partial charge in [-0.1, -0.05) is 23.2 Å². The number of amides is 1. The van der Waals surface area contributed by atoms with Gasteiger partial charge in [0.1, 0.15) is 5.15 Å². The van der Waals surface area contributed by atoms with Crippen LogP contribution >= 0.6 is 23.2 Å². The van der Waals surface area contributed by atoms with Crippen molar-refractivity contribution in [3.8, 4) is 0 Å². The largest absolute Gasteiger partial charge is 0.452 e. The molecule has 0 atom stereocenters. The van der Waals surface area contributed by atoms with E-state index in [-0.39, 0.29) is 5.15 Å². The number of fused-ring (bicyclic) bond motifs is 1. The minimum absolute atomic E-state index is 0.155. The van der Waals surface area contributed by atoms with Crippen LogP contribution < -0.4 is 5.32 Å². The molecule has 6 nitrogen and oxygen atoms in total. The van der Waals surface area contributed by atoms with Crippen molar-refractivity contribution in [3.05, 3.63) is 64.5 Å². The Kier molecular flexibility index (Phi) is 5.11. The molecule has 0 unspecified atom stereocenters. The quantitative estimate of drug-likeness (QED) is 0.554. The Hall–Kier alpha value is -2.70. The van der Waals surface area contributed by atoms with Crippen LogP contribution in [0, 0.1) is 0 Å². The number of hydrogen-bond acceptors (Lipinski definition) is 5. The molecule has 0 radical (unpaired) electrons. The van der Waals surface area contributed by atoms with E-state index in [1.165, 1.54) is 6.20 Å². The second-order valence-electron chi connectivity index (χ2n) is 5.01. The van der Waals surface area contributed by atoms with Gasteiger partial charge >= 0.3 is 5.97 Å². The van der Waals surface area contributed by atoms with Crippen LogP contribution in [0.5, 0.6) is 0 Å². The molecule has 3 rings (SSSR count). The first kappa shape index (κ1) is 17.1. The number of esters is 1. The van der Waals surface area contributed by atoms with Crippen molar-refractivity contribution in [2.45, 2.75) is 0 Å². The molecule has 8 heteroatoms. The summed E-state index contributed by atoms with van der Waals surface area (Å²) in [5.74, 6) is -1.14. The molecule has 25 heavy (non-hydrogen) atoms. The third-order valence-electron chi connectivity index (χ3n) is 3.26. The number of benzene rings is 1. The predicted molar refractivity (Wildman–Crippen MR) is 94.9 cm³/mol. The lowest BCUT2D eigenvalue weighted by Gasteiger charge is -2.08. The fourth-order valence-corrected chi connectivity index (χ4v) is 2.43. The van der Waals surface area contributed by atoms with Gasteiger partial charge in [0.2, 0.25) is 0 Å². The molecule has 3 aromatic rings. The van der Waals surface area contributed by atoms with E-state index in [1.54, 1.807) is 42.5 Å². The molecule has 1 N–H and O–H groups in total. The van der Waals surface area contributed by atoms with E-state index in [9.17, 15) is 9.59 Å². The maximum Gasteiger partial charge on any atom is 0.338 e. The second-order valence-corrected chi connectivity index (χ2v) is 5.75. The molecule has 0 saturated heterocycles. The van der Waals surface area contributed by atoms with Crippen LogP contribution in [0.15, 0.2) is 48.7 Å². The molecule has 0 spiro atoms.